The lowest BCUT2D eigenvalue weighted by molar-refractivity contribution is -0.00723. The molecule has 0 saturated carbocycles. The summed E-state index contributed by atoms with van der Waals surface area (Å²) in [5.74, 6) is -0.403. The van der Waals surface area contributed by atoms with E-state index in [2.05, 4.69) is 4.98 Å². The van der Waals surface area contributed by atoms with E-state index in [0.717, 1.165) is 0 Å². The van der Waals surface area contributed by atoms with Crippen LogP contribution in [0.4, 0.5) is 4.39 Å². The molecular weight excluding hydrogens is 291 g/mol. The molecule has 0 saturated heterocycles. The summed E-state index contributed by atoms with van der Waals surface area (Å²) in [4.78, 5) is 25.0. The van der Waals surface area contributed by atoms with Gasteiger partial charge in [-0.25, -0.2) is 9.18 Å². The summed E-state index contributed by atoms with van der Waals surface area (Å²) in [6.45, 7) is -0.309. The molecule has 1 aromatic heterocycles. The highest BCUT2D eigenvalue weighted by atomic mass is 19.1. The summed E-state index contributed by atoms with van der Waals surface area (Å²) in [5, 5.41) is 9.44. The maximum absolute atomic E-state index is 13.4. The zero-order valence-corrected chi connectivity index (χ0v) is 11.4. The fraction of sp³-hybridized carbons (Fsp3) is 0.200. The van der Waals surface area contributed by atoms with E-state index in [1.165, 1.54) is 29.0 Å². The van der Waals surface area contributed by atoms with Gasteiger partial charge in [0.05, 0.1) is 6.61 Å². The minimum atomic E-state index is -0.778. The first kappa shape index (κ1) is 14.4. The first-order valence-electron chi connectivity index (χ1n) is 6.64. The number of aliphatic hydroxyl groups excluding tert-OH is 1. The van der Waals surface area contributed by atoms with Crippen molar-refractivity contribution in [2.75, 3.05) is 6.61 Å². The average molecular weight is 304 g/mol. The molecule has 2 heterocycles. The molecule has 0 bridgehead atoms. The Hall–Kier alpha value is -2.51. The number of nitrogens with zero attached hydrogens (tertiary/aromatic N) is 1. The lowest BCUT2D eigenvalue weighted by Crippen LogP contribution is -2.32. The molecule has 0 radical (unpaired) electrons. The smallest absolute Gasteiger partial charge is 0.330 e. The fourth-order valence-electron chi connectivity index (χ4n) is 2.41. The van der Waals surface area contributed by atoms with E-state index in [4.69, 9.17) is 4.74 Å². The van der Waals surface area contributed by atoms with E-state index in [9.17, 15) is 19.1 Å². The van der Waals surface area contributed by atoms with Gasteiger partial charge < -0.3 is 9.84 Å². The Balaban J connectivity index is 2.02. The zero-order valence-electron chi connectivity index (χ0n) is 11.4. The number of aliphatic hydroxyl groups is 1. The second kappa shape index (κ2) is 5.70. The number of ether oxygens (including phenoxy) is 1. The van der Waals surface area contributed by atoms with Crippen molar-refractivity contribution >= 4 is 5.57 Å². The number of hydrogen-bond acceptors (Lipinski definition) is 4. The van der Waals surface area contributed by atoms with Gasteiger partial charge in [-0.05, 0) is 29.3 Å². The third kappa shape index (κ3) is 2.63. The summed E-state index contributed by atoms with van der Waals surface area (Å²) in [6.07, 6.45) is 1.48. The molecule has 0 amide bonds. The van der Waals surface area contributed by atoms with E-state index in [1.54, 1.807) is 18.2 Å². The van der Waals surface area contributed by atoms with Crippen LogP contribution < -0.4 is 11.2 Å². The summed E-state index contributed by atoms with van der Waals surface area (Å²) in [7, 11) is 0. The second-order valence-corrected chi connectivity index (χ2v) is 4.85. The largest absolute Gasteiger partial charge is 0.393 e. The molecule has 2 N–H and O–H groups in total. The van der Waals surface area contributed by atoms with Crippen molar-refractivity contribution in [1.82, 2.24) is 9.55 Å². The van der Waals surface area contributed by atoms with Crippen molar-refractivity contribution in [2.24, 2.45) is 0 Å². The van der Waals surface area contributed by atoms with Gasteiger partial charge in [0.25, 0.3) is 5.56 Å². The van der Waals surface area contributed by atoms with Crippen LogP contribution in [0.2, 0.25) is 0 Å². The minimum absolute atomic E-state index is 0.309. The Kier molecular flexibility index (Phi) is 3.74. The number of nitrogens with one attached hydrogen (secondary N) is 1. The van der Waals surface area contributed by atoms with E-state index >= 15 is 0 Å². The fourth-order valence-corrected chi connectivity index (χ4v) is 2.41. The van der Waals surface area contributed by atoms with E-state index in [-0.39, 0.29) is 6.61 Å². The normalized spacial score (nSPS) is 20.9. The molecule has 22 heavy (non-hydrogen) atoms. The number of rotatable bonds is 3. The summed E-state index contributed by atoms with van der Waals surface area (Å²) < 4.78 is 20.1. The third-order valence-electron chi connectivity index (χ3n) is 3.42. The molecule has 0 aliphatic carbocycles. The van der Waals surface area contributed by atoms with E-state index in [0.29, 0.717) is 11.1 Å². The molecule has 6 nitrogen and oxygen atoms in total. The first-order valence-corrected chi connectivity index (χ1v) is 6.64. The maximum atomic E-state index is 13.4. The highest BCUT2D eigenvalue weighted by Gasteiger charge is 2.29. The lowest BCUT2D eigenvalue weighted by atomic mass is 10.0. The molecule has 1 aromatic carbocycles. The van der Waals surface area contributed by atoms with Crippen LogP contribution in [0, 0.1) is 5.82 Å². The molecule has 1 aliphatic rings. The third-order valence-corrected chi connectivity index (χ3v) is 3.42. The van der Waals surface area contributed by atoms with Gasteiger partial charge in [0, 0.05) is 12.3 Å². The standard InChI is InChI=1S/C15H13FN2O4/c16-10-3-1-2-9(6-10)11-7-14(22-12(11)8-19)18-5-4-13(20)17-15(18)21/h1-7,12,14,19H,8H2,(H,17,20,21)/t12-,14-/m1/s1. The van der Waals surface area contributed by atoms with Gasteiger partial charge in [0.1, 0.15) is 11.9 Å². The maximum Gasteiger partial charge on any atom is 0.330 e. The summed E-state index contributed by atoms with van der Waals surface area (Å²) in [5.41, 5.74) is 0.0299. The van der Waals surface area contributed by atoms with Crippen molar-refractivity contribution in [3.63, 3.8) is 0 Å². The zero-order chi connectivity index (χ0) is 15.7. The lowest BCUT2D eigenvalue weighted by Gasteiger charge is -2.15. The van der Waals surface area contributed by atoms with E-state index < -0.39 is 29.4 Å². The van der Waals surface area contributed by atoms with Crippen molar-refractivity contribution in [3.8, 4) is 0 Å². The van der Waals surface area contributed by atoms with Crippen molar-refractivity contribution in [3.05, 3.63) is 74.8 Å². The van der Waals surface area contributed by atoms with E-state index in [1.807, 2.05) is 0 Å². The Morgan fingerprint density at radius 2 is 2.14 bits per heavy atom. The Labute approximate surface area is 124 Å². The van der Waals surface area contributed by atoms with Crippen LogP contribution in [0.1, 0.15) is 11.8 Å². The number of benzene rings is 1. The highest BCUT2D eigenvalue weighted by Crippen LogP contribution is 2.33. The predicted octanol–water partition coefficient (Wildman–Crippen LogP) is 0.649. The SMILES string of the molecule is O=c1ccn([C@H]2C=C(c3cccc(F)c3)[C@@H](CO)O2)c(=O)[nH]1. The number of aromatic nitrogens is 2. The van der Waals surface area contributed by atoms with Crippen LogP contribution in [-0.2, 0) is 4.74 Å². The molecule has 114 valence electrons. The molecule has 2 atom stereocenters. The molecule has 7 heteroatoms. The van der Waals surface area contributed by atoms with Gasteiger partial charge in [0.15, 0.2) is 6.23 Å². The van der Waals surface area contributed by atoms with Gasteiger partial charge in [-0.15, -0.1) is 0 Å². The minimum Gasteiger partial charge on any atom is -0.393 e. The first-order chi connectivity index (χ1) is 10.6. The van der Waals surface area contributed by atoms with Gasteiger partial charge in [0.2, 0.25) is 0 Å². The topological polar surface area (TPSA) is 84.3 Å². The predicted molar refractivity (Wildman–Crippen MR) is 76.7 cm³/mol. The van der Waals surface area contributed by atoms with Crippen LogP contribution in [0.25, 0.3) is 5.57 Å². The molecule has 3 rings (SSSR count). The van der Waals surface area contributed by atoms with Crippen LogP contribution in [-0.4, -0.2) is 27.4 Å². The number of hydrogen-bond donors (Lipinski definition) is 2. The monoisotopic (exact) mass is 304 g/mol. The van der Waals surface area contributed by atoms with Crippen LogP contribution in [0.5, 0.6) is 0 Å². The van der Waals surface area contributed by atoms with Gasteiger partial charge >= 0.3 is 5.69 Å². The van der Waals surface area contributed by atoms with Crippen molar-refractivity contribution < 1.29 is 14.2 Å². The van der Waals surface area contributed by atoms with Gasteiger partial charge in [-0.3, -0.25) is 14.3 Å². The molecule has 0 spiro atoms. The number of aromatic amines is 1. The summed E-state index contributed by atoms with van der Waals surface area (Å²) in [6, 6.07) is 7.10. The van der Waals surface area contributed by atoms with Crippen LogP contribution in [0.3, 0.4) is 0 Å². The molecule has 0 unspecified atom stereocenters. The quantitative estimate of drug-likeness (QED) is 0.872. The van der Waals surface area contributed by atoms with Gasteiger partial charge in [-0.2, -0.15) is 0 Å². The Morgan fingerprint density at radius 1 is 1.32 bits per heavy atom. The number of halogens is 1. The molecule has 2 aromatic rings. The highest BCUT2D eigenvalue weighted by molar-refractivity contribution is 5.70. The Morgan fingerprint density at radius 3 is 2.82 bits per heavy atom. The molecule has 1 aliphatic heterocycles. The van der Waals surface area contributed by atoms with Crippen LogP contribution >= 0.6 is 0 Å². The number of H-pyrrole nitrogens is 1. The van der Waals surface area contributed by atoms with Crippen molar-refractivity contribution in [1.29, 1.82) is 0 Å². The summed E-state index contributed by atoms with van der Waals surface area (Å²) >= 11 is 0. The van der Waals surface area contributed by atoms with Crippen LogP contribution in [0.15, 0.2) is 52.2 Å². The van der Waals surface area contributed by atoms with Gasteiger partial charge in [-0.1, -0.05) is 12.1 Å². The second-order valence-electron chi connectivity index (χ2n) is 4.85. The van der Waals surface area contributed by atoms with Crippen molar-refractivity contribution in [2.45, 2.75) is 12.3 Å². The Bertz CT molecular complexity index is 840. The average Bonchev–Trinajstić information content (AvgIpc) is 2.91. The molecule has 0 fully saturated rings. The molecular formula is C15H13FN2O4.